The SMILES string of the molecule is CCCCCN(C(=O)c1cnc(C)cn1)c1c(N)n(CCCC)c(=O)[nH]c1=O. The molecule has 0 saturated carbocycles. The zero-order chi connectivity index (χ0) is 20.7. The van der Waals surface area contributed by atoms with Crippen molar-refractivity contribution < 1.29 is 4.79 Å². The highest BCUT2D eigenvalue weighted by Crippen LogP contribution is 2.20. The largest absolute Gasteiger partial charge is 0.383 e. The molecule has 2 aromatic heterocycles. The van der Waals surface area contributed by atoms with Gasteiger partial charge in [0.25, 0.3) is 11.5 Å². The fourth-order valence-corrected chi connectivity index (χ4v) is 2.85. The van der Waals surface area contributed by atoms with Crippen molar-refractivity contribution in [2.24, 2.45) is 0 Å². The molecule has 0 spiro atoms. The maximum absolute atomic E-state index is 13.1. The average Bonchev–Trinajstić information content (AvgIpc) is 2.66. The van der Waals surface area contributed by atoms with E-state index in [4.69, 9.17) is 5.73 Å². The number of aryl methyl sites for hydroxylation is 1. The number of nitrogens with zero attached hydrogens (tertiary/aromatic N) is 4. The number of aromatic nitrogens is 4. The molecule has 1 amide bonds. The molecule has 0 aromatic carbocycles. The van der Waals surface area contributed by atoms with Gasteiger partial charge in [-0.3, -0.25) is 29.0 Å². The topological polar surface area (TPSA) is 127 Å². The fraction of sp³-hybridized carbons (Fsp3) is 0.526. The van der Waals surface area contributed by atoms with Gasteiger partial charge in [-0.25, -0.2) is 9.78 Å². The van der Waals surface area contributed by atoms with E-state index in [2.05, 4.69) is 15.0 Å². The third kappa shape index (κ3) is 4.85. The van der Waals surface area contributed by atoms with Gasteiger partial charge in [0.05, 0.1) is 11.9 Å². The Labute approximate surface area is 163 Å². The Hall–Kier alpha value is -2.97. The van der Waals surface area contributed by atoms with E-state index < -0.39 is 17.2 Å². The molecule has 9 nitrogen and oxygen atoms in total. The number of anilines is 2. The smallest absolute Gasteiger partial charge is 0.330 e. The van der Waals surface area contributed by atoms with Crippen molar-refractivity contribution in [1.29, 1.82) is 0 Å². The lowest BCUT2D eigenvalue weighted by molar-refractivity contribution is 0.0981. The van der Waals surface area contributed by atoms with E-state index in [1.54, 1.807) is 6.92 Å². The standard InChI is InChI=1S/C19H28N6O3/c1-4-6-8-10-24(18(27)14-12-21-13(3)11-22-14)15-16(20)25(9-7-5-2)19(28)23-17(15)26/h11-12H,4-10,20H2,1-3H3,(H,23,26,28). The van der Waals surface area contributed by atoms with E-state index in [9.17, 15) is 14.4 Å². The lowest BCUT2D eigenvalue weighted by Crippen LogP contribution is -2.42. The van der Waals surface area contributed by atoms with Crippen molar-refractivity contribution >= 4 is 17.4 Å². The number of nitrogens with one attached hydrogen (secondary N) is 1. The van der Waals surface area contributed by atoms with Gasteiger partial charge in [-0.2, -0.15) is 0 Å². The molecule has 0 aliphatic heterocycles. The van der Waals surface area contributed by atoms with E-state index in [1.807, 2.05) is 13.8 Å². The van der Waals surface area contributed by atoms with Crippen LogP contribution >= 0.6 is 0 Å². The summed E-state index contributed by atoms with van der Waals surface area (Å²) in [5, 5.41) is 0. The molecule has 0 atom stereocenters. The maximum atomic E-state index is 13.1. The number of nitrogens with two attached hydrogens (primary N) is 1. The zero-order valence-corrected chi connectivity index (χ0v) is 16.7. The summed E-state index contributed by atoms with van der Waals surface area (Å²) >= 11 is 0. The molecule has 0 saturated heterocycles. The van der Waals surface area contributed by atoms with Crippen LogP contribution in [-0.2, 0) is 6.54 Å². The molecular formula is C19H28N6O3. The van der Waals surface area contributed by atoms with Gasteiger partial charge in [0.1, 0.15) is 11.5 Å². The molecule has 0 fully saturated rings. The summed E-state index contributed by atoms with van der Waals surface area (Å²) in [6.45, 7) is 6.47. The zero-order valence-electron chi connectivity index (χ0n) is 16.7. The predicted octanol–water partition coefficient (Wildman–Crippen LogP) is 1.85. The second-order valence-electron chi connectivity index (χ2n) is 6.71. The Bertz CT molecular complexity index is 917. The number of unbranched alkanes of at least 4 members (excludes halogenated alkanes) is 3. The summed E-state index contributed by atoms with van der Waals surface area (Å²) in [5.41, 5.74) is 5.71. The number of H-pyrrole nitrogens is 1. The summed E-state index contributed by atoms with van der Waals surface area (Å²) in [7, 11) is 0. The molecule has 2 aromatic rings. The molecule has 0 aliphatic rings. The van der Waals surface area contributed by atoms with Crippen LogP contribution in [0.3, 0.4) is 0 Å². The van der Waals surface area contributed by atoms with Crippen LogP contribution in [0.5, 0.6) is 0 Å². The highest BCUT2D eigenvalue weighted by atomic mass is 16.2. The fourth-order valence-electron chi connectivity index (χ4n) is 2.85. The van der Waals surface area contributed by atoms with Crippen molar-refractivity contribution in [3.63, 3.8) is 0 Å². The summed E-state index contributed by atoms with van der Waals surface area (Å²) in [4.78, 5) is 49.7. The number of nitrogen functional groups attached to an aromatic ring is 1. The van der Waals surface area contributed by atoms with Crippen molar-refractivity contribution in [3.8, 4) is 0 Å². The number of amides is 1. The van der Waals surface area contributed by atoms with E-state index in [0.717, 1.165) is 25.7 Å². The van der Waals surface area contributed by atoms with Crippen LogP contribution in [0.1, 0.15) is 62.1 Å². The normalized spacial score (nSPS) is 10.8. The minimum atomic E-state index is -0.680. The lowest BCUT2D eigenvalue weighted by Gasteiger charge is -2.24. The first-order valence-corrected chi connectivity index (χ1v) is 9.63. The first kappa shape index (κ1) is 21.3. The van der Waals surface area contributed by atoms with E-state index >= 15 is 0 Å². The van der Waals surface area contributed by atoms with E-state index in [0.29, 0.717) is 25.2 Å². The summed E-state index contributed by atoms with van der Waals surface area (Å²) in [6.07, 6.45) is 6.98. The number of carbonyl (C=O) groups is 1. The van der Waals surface area contributed by atoms with Gasteiger partial charge in [0, 0.05) is 19.3 Å². The minimum absolute atomic E-state index is 0.00730. The molecule has 0 bridgehead atoms. The van der Waals surface area contributed by atoms with Crippen LogP contribution in [-0.4, -0.2) is 32.0 Å². The van der Waals surface area contributed by atoms with Crippen LogP contribution in [0.25, 0.3) is 0 Å². The third-order valence-electron chi connectivity index (χ3n) is 4.45. The second-order valence-corrected chi connectivity index (χ2v) is 6.71. The number of hydrogen-bond donors (Lipinski definition) is 2. The monoisotopic (exact) mass is 388 g/mol. The third-order valence-corrected chi connectivity index (χ3v) is 4.45. The van der Waals surface area contributed by atoms with Crippen LogP contribution in [0.2, 0.25) is 0 Å². The summed E-state index contributed by atoms with van der Waals surface area (Å²) < 4.78 is 1.31. The van der Waals surface area contributed by atoms with Crippen LogP contribution in [0.15, 0.2) is 22.0 Å². The molecule has 9 heteroatoms. The molecule has 3 N–H and O–H groups in total. The lowest BCUT2D eigenvalue weighted by atomic mass is 10.2. The second kappa shape index (κ2) is 9.82. The Morgan fingerprint density at radius 3 is 2.46 bits per heavy atom. The van der Waals surface area contributed by atoms with Crippen molar-refractivity contribution in [1.82, 2.24) is 19.5 Å². The van der Waals surface area contributed by atoms with Crippen molar-refractivity contribution in [3.05, 3.63) is 44.6 Å². The highest BCUT2D eigenvalue weighted by molar-refractivity contribution is 6.05. The number of aromatic amines is 1. The van der Waals surface area contributed by atoms with Gasteiger partial charge in [-0.1, -0.05) is 33.1 Å². The van der Waals surface area contributed by atoms with Crippen LogP contribution in [0, 0.1) is 6.92 Å². The Morgan fingerprint density at radius 2 is 1.86 bits per heavy atom. The highest BCUT2D eigenvalue weighted by Gasteiger charge is 2.25. The van der Waals surface area contributed by atoms with Gasteiger partial charge in [-0.05, 0) is 19.8 Å². The molecule has 28 heavy (non-hydrogen) atoms. The Morgan fingerprint density at radius 1 is 1.14 bits per heavy atom. The maximum Gasteiger partial charge on any atom is 0.330 e. The Kier molecular flexibility index (Phi) is 7.48. The molecule has 2 heterocycles. The number of rotatable bonds is 9. The molecule has 152 valence electrons. The van der Waals surface area contributed by atoms with Gasteiger partial charge in [0.15, 0.2) is 5.69 Å². The van der Waals surface area contributed by atoms with E-state index in [1.165, 1.54) is 21.9 Å². The Balaban J connectivity index is 2.53. The number of carbonyl (C=O) groups excluding carboxylic acids is 1. The predicted molar refractivity (Wildman–Crippen MR) is 109 cm³/mol. The molecule has 2 rings (SSSR count). The minimum Gasteiger partial charge on any atom is -0.383 e. The number of hydrogen-bond acceptors (Lipinski definition) is 6. The molecule has 0 unspecified atom stereocenters. The molecule has 0 aliphatic carbocycles. The van der Waals surface area contributed by atoms with E-state index in [-0.39, 0.29) is 17.2 Å². The first-order valence-electron chi connectivity index (χ1n) is 9.63. The van der Waals surface area contributed by atoms with Gasteiger partial charge >= 0.3 is 5.69 Å². The average molecular weight is 388 g/mol. The van der Waals surface area contributed by atoms with Crippen molar-refractivity contribution in [2.75, 3.05) is 17.2 Å². The van der Waals surface area contributed by atoms with Crippen molar-refractivity contribution in [2.45, 2.75) is 59.4 Å². The quantitative estimate of drug-likeness (QED) is 0.631. The molecule has 0 radical (unpaired) electrons. The van der Waals surface area contributed by atoms with Crippen LogP contribution < -0.4 is 21.9 Å². The van der Waals surface area contributed by atoms with Gasteiger partial charge in [0.2, 0.25) is 0 Å². The summed E-state index contributed by atoms with van der Waals surface area (Å²) in [5.74, 6) is -0.478. The first-order chi connectivity index (χ1) is 13.4. The van der Waals surface area contributed by atoms with Gasteiger partial charge < -0.3 is 5.73 Å². The summed E-state index contributed by atoms with van der Waals surface area (Å²) in [6, 6.07) is 0. The van der Waals surface area contributed by atoms with Crippen LogP contribution in [0.4, 0.5) is 11.5 Å². The van der Waals surface area contributed by atoms with Gasteiger partial charge in [-0.15, -0.1) is 0 Å². The molecular weight excluding hydrogens is 360 g/mol.